The molecule has 5 aromatic rings. The van der Waals surface area contributed by atoms with Gasteiger partial charge in [-0.3, -0.25) is 14.7 Å². The third-order valence-electron chi connectivity index (χ3n) is 6.58. The zero-order valence-electron chi connectivity index (χ0n) is 18.5. The van der Waals surface area contributed by atoms with E-state index in [0.717, 1.165) is 35.3 Å². The van der Waals surface area contributed by atoms with Crippen molar-refractivity contribution in [2.24, 2.45) is 0 Å². The number of fused-ring (bicyclic) bond motifs is 2. The summed E-state index contributed by atoms with van der Waals surface area (Å²) >= 11 is 0. The summed E-state index contributed by atoms with van der Waals surface area (Å²) in [6.45, 7) is 1.25. The summed E-state index contributed by atoms with van der Waals surface area (Å²) in [7, 11) is 0. The van der Waals surface area contributed by atoms with Crippen molar-refractivity contribution in [3.05, 3.63) is 94.4 Å². The van der Waals surface area contributed by atoms with E-state index in [2.05, 4.69) is 15.2 Å². The number of aromatic nitrogens is 4. The Morgan fingerprint density at radius 1 is 0.941 bits per heavy atom. The highest BCUT2D eigenvalue weighted by Gasteiger charge is 2.28. The van der Waals surface area contributed by atoms with Crippen molar-refractivity contribution < 1.29 is 4.79 Å². The number of piperidine rings is 1. The molecule has 0 aliphatic carbocycles. The molecular weight excluding hydrogens is 426 g/mol. The topological polar surface area (TPSA) is 94.7 Å². The molecule has 0 saturated carbocycles. The van der Waals surface area contributed by atoms with E-state index in [9.17, 15) is 9.59 Å². The van der Waals surface area contributed by atoms with Gasteiger partial charge in [-0.2, -0.15) is 5.10 Å². The first-order valence-corrected chi connectivity index (χ1v) is 11.5. The maximum Gasteiger partial charge on any atom is 0.253 e. The summed E-state index contributed by atoms with van der Waals surface area (Å²) in [5.74, 6) is 1.50. The molecule has 0 radical (unpaired) electrons. The highest BCUT2D eigenvalue weighted by atomic mass is 16.2. The van der Waals surface area contributed by atoms with Crippen LogP contribution in [0.15, 0.2) is 77.6 Å². The van der Waals surface area contributed by atoms with Gasteiger partial charge < -0.3 is 9.88 Å². The predicted molar refractivity (Wildman–Crippen MR) is 132 cm³/mol. The second kappa shape index (κ2) is 8.26. The minimum Gasteiger partial charge on any atom is -0.354 e. The third-order valence-corrected chi connectivity index (χ3v) is 6.58. The molecular formula is C27H23N5O2. The first-order valence-electron chi connectivity index (χ1n) is 11.5. The Balaban J connectivity index is 1.27. The number of amides is 1. The fourth-order valence-electron chi connectivity index (χ4n) is 4.80. The Morgan fingerprint density at radius 2 is 1.74 bits per heavy atom. The van der Waals surface area contributed by atoms with Crippen LogP contribution in [0.1, 0.15) is 34.9 Å². The van der Waals surface area contributed by atoms with Crippen molar-refractivity contribution in [1.82, 2.24) is 25.1 Å². The number of hydrogen-bond acceptors (Lipinski definition) is 4. The largest absolute Gasteiger partial charge is 0.354 e. The van der Waals surface area contributed by atoms with Gasteiger partial charge in [0.2, 0.25) is 0 Å². The summed E-state index contributed by atoms with van der Waals surface area (Å²) in [6.07, 6.45) is 1.83. The van der Waals surface area contributed by atoms with Crippen molar-refractivity contribution in [2.75, 3.05) is 13.1 Å². The number of H-pyrrole nitrogens is 2. The van der Waals surface area contributed by atoms with Gasteiger partial charge in [-0.05, 0) is 43.2 Å². The molecule has 1 saturated heterocycles. The van der Waals surface area contributed by atoms with Gasteiger partial charge in [-0.1, -0.05) is 42.5 Å². The van der Waals surface area contributed by atoms with Gasteiger partial charge in [0, 0.05) is 51.9 Å². The Bertz CT molecular complexity index is 1570. The average Bonchev–Trinajstić information content (AvgIpc) is 3.40. The zero-order chi connectivity index (χ0) is 23.1. The van der Waals surface area contributed by atoms with Crippen LogP contribution >= 0.6 is 0 Å². The maximum absolute atomic E-state index is 13.4. The third kappa shape index (κ3) is 3.55. The van der Waals surface area contributed by atoms with Gasteiger partial charge in [0.1, 0.15) is 5.82 Å². The van der Waals surface area contributed by atoms with E-state index in [1.54, 1.807) is 18.2 Å². The number of likely N-dealkylation sites (tertiary alicyclic amines) is 1. The van der Waals surface area contributed by atoms with Gasteiger partial charge in [0.25, 0.3) is 5.91 Å². The number of aromatic amines is 2. The van der Waals surface area contributed by atoms with Crippen LogP contribution in [0, 0.1) is 0 Å². The molecule has 1 aliphatic heterocycles. The summed E-state index contributed by atoms with van der Waals surface area (Å²) < 4.78 is 0. The molecule has 7 nitrogen and oxygen atoms in total. The molecule has 3 aromatic carbocycles. The van der Waals surface area contributed by atoms with E-state index in [1.165, 1.54) is 0 Å². The molecule has 1 amide bonds. The number of carbonyl (C=O) groups is 1. The molecule has 6 rings (SSSR count). The Kier molecular flexibility index (Phi) is 4.95. The van der Waals surface area contributed by atoms with E-state index < -0.39 is 0 Å². The monoisotopic (exact) mass is 449 g/mol. The van der Waals surface area contributed by atoms with Crippen molar-refractivity contribution >= 4 is 27.7 Å². The number of pyridine rings is 1. The SMILES string of the molecule is O=C(c1ccc2[nH]c3ccccc3c(=O)c2c1)N1CCCC(c2nc(-c3ccccc3)n[nH]2)C1. The van der Waals surface area contributed by atoms with Gasteiger partial charge in [0.05, 0.1) is 0 Å². The van der Waals surface area contributed by atoms with Gasteiger partial charge in [-0.15, -0.1) is 0 Å². The van der Waals surface area contributed by atoms with Crippen molar-refractivity contribution in [2.45, 2.75) is 18.8 Å². The molecule has 168 valence electrons. The van der Waals surface area contributed by atoms with Crippen LogP contribution in [-0.2, 0) is 0 Å². The molecule has 1 fully saturated rings. The lowest BCUT2D eigenvalue weighted by Gasteiger charge is -2.31. The molecule has 0 spiro atoms. The van der Waals surface area contributed by atoms with Gasteiger partial charge >= 0.3 is 0 Å². The predicted octanol–water partition coefficient (Wildman–Crippen LogP) is 4.49. The summed E-state index contributed by atoms with van der Waals surface area (Å²) in [4.78, 5) is 36.3. The molecule has 34 heavy (non-hydrogen) atoms. The molecule has 1 aliphatic rings. The second-order valence-electron chi connectivity index (χ2n) is 8.76. The lowest BCUT2D eigenvalue weighted by molar-refractivity contribution is 0.0705. The lowest BCUT2D eigenvalue weighted by Crippen LogP contribution is -2.39. The maximum atomic E-state index is 13.4. The van der Waals surface area contributed by atoms with Gasteiger partial charge in [0.15, 0.2) is 11.3 Å². The van der Waals surface area contributed by atoms with E-state index in [1.807, 2.05) is 59.5 Å². The fourth-order valence-corrected chi connectivity index (χ4v) is 4.80. The minimum absolute atomic E-state index is 0.0642. The Morgan fingerprint density at radius 3 is 2.62 bits per heavy atom. The molecule has 2 aromatic heterocycles. The molecule has 0 bridgehead atoms. The van der Waals surface area contributed by atoms with Crippen LogP contribution in [0.25, 0.3) is 33.2 Å². The number of hydrogen-bond donors (Lipinski definition) is 2. The number of carbonyl (C=O) groups excluding carboxylic acids is 1. The minimum atomic E-state index is -0.0676. The van der Waals surface area contributed by atoms with E-state index in [0.29, 0.717) is 35.2 Å². The van der Waals surface area contributed by atoms with Crippen LogP contribution in [0.4, 0.5) is 0 Å². The fraction of sp³-hybridized carbons (Fsp3) is 0.185. The highest BCUT2D eigenvalue weighted by Crippen LogP contribution is 2.27. The van der Waals surface area contributed by atoms with E-state index in [4.69, 9.17) is 4.98 Å². The first kappa shape index (κ1) is 20.4. The van der Waals surface area contributed by atoms with Crippen LogP contribution < -0.4 is 5.43 Å². The van der Waals surface area contributed by atoms with Gasteiger partial charge in [-0.25, -0.2) is 4.98 Å². The number of para-hydroxylation sites is 1. The Hall–Kier alpha value is -4.26. The molecule has 3 heterocycles. The number of benzene rings is 3. The van der Waals surface area contributed by atoms with Crippen LogP contribution in [0.5, 0.6) is 0 Å². The molecule has 7 heteroatoms. The van der Waals surface area contributed by atoms with Crippen molar-refractivity contribution in [3.8, 4) is 11.4 Å². The quantitative estimate of drug-likeness (QED) is 0.397. The Labute approximate surface area is 195 Å². The standard InChI is InChI=1S/C27H23N5O2/c33-24-20-10-4-5-11-22(20)28-23-13-12-18(15-21(23)24)27(34)32-14-6-9-19(16-32)26-29-25(30-31-26)17-7-2-1-3-8-17/h1-5,7-8,10-13,15,19H,6,9,14,16H2,(H,28,33)(H,29,30,31). The zero-order valence-corrected chi connectivity index (χ0v) is 18.5. The second-order valence-corrected chi connectivity index (χ2v) is 8.76. The lowest BCUT2D eigenvalue weighted by atomic mass is 9.96. The first-order chi connectivity index (χ1) is 16.7. The number of nitrogens with one attached hydrogen (secondary N) is 2. The smallest absolute Gasteiger partial charge is 0.253 e. The normalized spacial score (nSPS) is 16.2. The van der Waals surface area contributed by atoms with Crippen molar-refractivity contribution in [1.29, 1.82) is 0 Å². The van der Waals surface area contributed by atoms with Crippen LogP contribution in [0.3, 0.4) is 0 Å². The van der Waals surface area contributed by atoms with E-state index in [-0.39, 0.29) is 17.3 Å². The average molecular weight is 450 g/mol. The van der Waals surface area contributed by atoms with Crippen LogP contribution in [-0.4, -0.2) is 44.1 Å². The highest BCUT2D eigenvalue weighted by molar-refractivity contribution is 6.00. The number of rotatable bonds is 3. The molecule has 1 unspecified atom stereocenters. The van der Waals surface area contributed by atoms with E-state index >= 15 is 0 Å². The number of nitrogens with zero attached hydrogens (tertiary/aromatic N) is 3. The van der Waals surface area contributed by atoms with Crippen molar-refractivity contribution in [3.63, 3.8) is 0 Å². The summed E-state index contributed by atoms with van der Waals surface area (Å²) in [5.41, 5.74) is 2.94. The molecule has 1 atom stereocenters. The van der Waals surface area contributed by atoms with Crippen LogP contribution in [0.2, 0.25) is 0 Å². The summed E-state index contributed by atoms with van der Waals surface area (Å²) in [5, 5.41) is 8.61. The molecule has 2 N–H and O–H groups in total. The summed E-state index contributed by atoms with van der Waals surface area (Å²) in [6, 6.07) is 22.6.